The summed E-state index contributed by atoms with van der Waals surface area (Å²) in [4.78, 5) is 15.7. The molecule has 0 bridgehead atoms. The number of nitriles is 1. The Bertz CT molecular complexity index is 1200. The van der Waals surface area contributed by atoms with Gasteiger partial charge in [0.25, 0.3) is 0 Å². The molecule has 180 valence electrons. The summed E-state index contributed by atoms with van der Waals surface area (Å²) in [5, 5.41) is 12.9. The van der Waals surface area contributed by atoms with Crippen LogP contribution >= 0.6 is 0 Å². The van der Waals surface area contributed by atoms with Crippen LogP contribution in [0.25, 0.3) is 11.3 Å². The zero-order chi connectivity index (χ0) is 24.0. The molecule has 0 saturated carbocycles. The van der Waals surface area contributed by atoms with Crippen LogP contribution < -0.4 is 10.1 Å². The maximum atomic E-state index is 9.69. The number of rotatable bonds is 8. The Hall–Kier alpha value is -3.58. The van der Waals surface area contributed by atoms with E-state index in [4.69, 9.17) is 14.2 Å². The number of benzene rings is 1. The number of ether oxygens (including phenoxy) is 3. The molecular weight excluding hydrogens is 444 g/mol. The van der Waals surface area contributed by atoms with E-state index in [1.54, 1.807) is 19.5 Å². The zero-order valence-corrected chi connectivity index (χ0v) is 19.7. The zero-order valence-electron chi connectivity index (χ0n) is 19.7. The van der Waals surface area contributed by atoms with Crippen LogP contribution in [0.1, 0.15) is 24.0 Å². The van der Waals surface area contributed by atoms with Crippen molar-refractivity contribution >= 4 is 11.6 Å². The van der Waals surface area contributed by atoms with Crippen molar-refractivity contribution < 1.29 is 14.2 Å². The minimum atomic E-state index is 0.0726. The maximum Gasteiger partial charge on any atom is 0.227 e. The quantitative estimate of drug-likeness (QED) is 0.527. The SMILES string of the molecule is COC1CN(Cc2cncc(Nc3nccc(-c4ccc(OC5CCOCC5)c(C#N)c4)n3)c2)C1. The van der Waals surface area contributed by atoms with Gasteiger partial charge in [-0.05, 0) is 35.9 Å². The summed E-state index contributed by atoms with van der Waals surface area (Å²) in [7, 11) is 1.75. The maximum absolute atomic E-state index is 9.69. The Labute approximate surface area is 204 Å². The first kappa shape index (κ1) is 23.2. The van der Waals surface area contributed by atoms with E-state index in [9.17, 15) is 5.26 Å². The number of nitrogens with zero attached hydrogens (tertiary/aromatic N) is 5. The fraction of sp³-hybridized carbons (Fsp3) is 0.385. The lowest BCUT2D eigenvalue weighted by Crippen LogP contribution is -2.50. The highest BCUT2D eigenvalue weighted by molar-refractivity contribution is 5.65. The first-order valence-electron chi connectivity index (χ1n) is 11.8. The summed E-state index contributed by atoms with van der Waals surface area (Å²) < 4.78 is 16.8. The van der Waals surface area contributed by atoms with Gasteiger partial charge in [0, 0.05) is 57.5 Å². The predicted molar refractivity (Wildman–Crippen MR) is 130 cm³/mol. The molecule has 5 rings (SSSR count). The second-order valence-electron chi connectivity index (χ2n) is 8.78. The average molecular weight is 473 g/mol. The van der Waals surface area contributed by atoms with Gasteiger partial charge in [0.1, 0.15) is 17.9 Å². The normalized spacial score (nSPS) is 16.9. The smallest absolute Gasteiger partial charge is 0.227 e. The second kappa shape index (κ2) is 10.8. The highest BCUT2D eigenvalue weighted by Crippen LogP contribution is 2.28. The minimum Gasteiger partial charge on any atom is -0.489 e. The molecule has 0 aliphatic carbocycles. The van der Waals surface area contributed by atoms with Crippen molar-refractivity contribution in [1.29, 1.82) is 5.26 Å². The van der Waals surface area contributed by atoms with Gasteiger partial charge in [-0.3, -0.25) is 9.88 Å². The van der Waals surface area contributed by atoms with Gasteiger partial charge < -0.3 is 19.5 Å². The van der Waals surface area contributed by atoms with Crippen molar-refractivity contribution in [1.82, 2.24) is 19.9 Å². The molecular formula is C26H28N6O3. The number of likely N-dealkylation sites (tertiary alicyclic amines) is 1. The van der Waals surface area contributed by atoms with Gasteiger partial charge in [-0.1, -0.05) is 0 Å². The number of anilines is 2. The van der Waals surface area contributed by atoms with E-state index in [2.05, 4.69) is 37.3 Å². The topological polar surface area (TPSA) is 105 Å². The van der Waals surface area contributed by atoms with Gasteiger partial charge in [0.05, 0.1) is 42.5 Å². The highest BCUT2D eigenvalue weighted by Gasteiger charge is 2.26. The lowest BCUT2D eigenvalue weighted by atomic mass is 10.1. The molecule has 0 spiro atoms. The Morgan fingerprint density at radius 3 is 2.80 bits per heavy atom. The van der Waals surface area contributed by atoms with Crippen molar-refractivity contribution in [3.8, 4) is 23.1 Å². The Kier molecular flexibility index (Phi) is 7.14. The lowest BCUT2D eigenvalue weighted by molar-refractivity contribution is -0.0334. The summed E-state index contributed by atoms with van der Waals surface area (Å²) in [6.07, 6.45) is 7.38. The van der Waals surface area contributed by atoms with Crippen LogP contribution in [-0.2, 0) is 16.0 Å². The van der Waals surface area contributed by atoms with Crippen LogP contribution in [0.2, 0.25) is 0 Å². The largest absolute Gasteiger partial charge is 0.489 e. The second-order valence-corrected chi connectivity index (χ2v) is 8.78. The molecule has 2 aromatic heterocycles. The lowest BCUT2D eigenvalue weighted by Gasteiger charge is -2.38. The van der Waals surface area contributed by atoms with E-state index in [-0.39, 0.29) is 6.10 Å². The molecule has 9 heteroatoms. The van der Waals surface area contributed by atoms with Crippen LogP contribution in [0, 0.1) is 11.3 Å². The summed E-state index contributed by atoms with van der Waals surface area (Å²) in [6.45, 7) is 4.06. The van der Waals surface area contributed by atoms with Crippen molar-refractivity contribution in [2.45, 2.75) is 31.6 Å². The minimum absolute atomic E-state index is 0.0726. The molecule has 0 radical (unpaired) electrons. The molecule has 2 aliphatic heterocycles. The van der Waals surface area contributed by atoms with E-state index in [0.29, 0.717) is 42.3 Å². The molecule has 2 fully saturated rings. The van der Waals surface area contributed by atoms with Gasteiger partial charge in [0.2, 0.25) is 5.95 Å². The summed E-state index contributed by atoms with van der Waals surface area (Å²) in [5.74, 6) is 1.06. The molecule has 2 aliphatic rings. The van der Waals surface area contributed by atoms with E-state index in [0.717, 1.165) is 49.3 Å². The van der Waals surface area contributed by atoms with Gasteiger partial charge in [0.15, 0.2) is 0 Å². The summed E-state index contributed by atoms with van der Waals surface area (Å²) in [6, 6.07) is 11.7. The van der Waals surface area contributed by atoms with Gasteiger partial charge >= 0.3 is 0 Å². The number of methoxy groups -OCH3 is 1. The predicted octanol–water partition coefficient (Wildman–Crippen LogP) is 3.54. The standard InChI is InChI=1S/C26H28N6O3/c1-33-23-16-32(17-23)15-18-10-21(14-28-13-18)30-26-29-7-4-24(31-26)19-2-3-25(20(11-19)12-27)35-22-5-8-34-9-6-22/h2-4,7,10-11,13-14,22-23H,5-6,8-9,15-17H2,1H3,(H,29,30,31). The molecule has 2 saturated heterocycles. The first-order valence-corrected chi connectivity index (χ1v) is 11.8. The van der Waals surface area contributed by atoms with Crippen LogP contribution in [0.5, 0.6) is 5.75 Å². The highest BCUT2D eigenvalue weighted by atomic mass is 16.5. The fourth-order valence-electron chi connectivity index (χ4n) is 4.26. The third-order valence-corrected chi connectivity index (χ3v) is 6.23. The van der Waals surface area contributed by atoms with Crippen molar-refractivity contribution in [2.24, 2.45) is 0 Å². The van der Waals surface area contributed by atoms with Crippen molar-refractivity contribution in [3.63, 3.8) is 0 Å². The molecule has 35 heavy (non-hydrogen) atoms. The van der Waals surface area contributed by atoms with Crippen molar-refractivity contribution in [2.75, 3.05) is 38.7 Å². The van der Waals surface area contributed by atoms with Crippen LogP contribution in [-0.4, -0.2) is 65.5 Å². The Morgan fingerprint density at radius 1 is 1.14 bits per heavy atom. The van der Waals surface area contributed by atoms with Crippen molar-refractivity contribution in [3.05, 3.63) is 60.0 Å². The van der Waals surface area contributed by atoms with Gasteiger partial charge in [-0.2, -0.15) is 5.26 Å². The number of pyridine rings is 1. The van der Waals surface area contributed by atoms with E-state index in [1.165, 1.54) is 0 Å². The van der Waals surface area contributed by atoms with Crippen LogP contribution in [0.4, 0.5) is 11.6 Å². The number of aromatic nitrogens is 3. The molecule has 1 N–H and O–H groups in total. The van der Waals surface area contributed by atoms with E-state index in [1.807, 2.05) is 30.5 Å². The molecule has 1 aromatic carbocycles. The molecule has 4 heterocycles. The van der Waals surface area contributed by atoms with E-state index < -0.39 is 0 Å². The summed E-state index contributed by atoms with van der Waals surface area (Å²) in [5.41, 5.74) is 3.96. The first-order chi connectivity index (χ1) is 17.2. The Balaban J connectivity index is 1.27. The third kappa shape index (κ3) is 5.74. The third-order valence-electron chi connectivity index (χ3n) is 6.23. The number of nitrogens with one attached hydrogen (secondary N) is 1. The average Bonchev–Trinajstić information content (AvgIpc) is 2.87. The van der Waals surface area contributed by atoms with Gasteiger partial charge in [-0.25, -0.2) is 9.97 Å². The monoisotopic (exact) mass is 472 g/mol. The molecule has 9 nitrogen and oxygen atoms in total. The molecule has 0 unspecified atom stereocenters. The molecule has 0 amide bonds. The van der Waals surface area contributed by atoms with Gasteiger partial charge in [-0.15, -0.1) is 0 Å². The summed E-state index contributed by atoms with van der Waals surface area (Å²) >= 11 is 0. The number of hydrogen-bond donors (Lipinski definition) is 1. The van der Waals surface area contributed by atoms with E-state index >= 15 is 0 Å². The molecule has 0 atom stereocenters. The number of hydrogen-bond acceptors (Lipinski definition) is 9. The van der Waals surface area contributed by atoms with Crippen LogP contribution in [0.15, 0.2) is 48.9 Å². The Morgan fingerprint density at radius 2 is 2.00 bits per heavy atom. The molecule has 3 aromatic rings. The fourth-order valence-corrected chi connectivity index (χ4v) is 4.26. The van der Waals surface area contributed by atoms with Crippen LogP contribution in [0.3, 0.4) is 0 Å².